The first-order chi connectivity index (χ1) is 13.9. The van der Waals surface area contributed by atoms with Gasteiger partial charge in [-0.3, -0.25) is 4.79 Å². The largest absolute Gasteiger partial charge is 0.356 e. The summed E-state index contributed by atoms with van der Waals surface area (Å²) in [4.78, 5) is 23.8. The van der Waals surface area contributed by atoms with Gasteiger partial charge in [0, 0.05) is 32.0 Å². The number of aromatic nitrogens is 3. The topological polar surface area (TPSA) is 118 Å². The molecule has 0 unspecified atom stereocenters. The first-order valence-electron chi connectivity index (χ1n) is 10.3. The zero-order valence-electron chi connectivity index (χ0n) is 16.7. The molecule has 1 N–H and O–H groups in total. The van der Waals surface area contributed by atoms with E-state index in [1.165, 1.54) is 12.8 Å². The lowest BCUT2D eigenvalue weighted by molar-refractivity contribution is -0.121. The Balaban J connectivity index is 1.48. The molecule has 2 aliphatic rings. The van der Waals surface area contributed by atoms with Crippen molar-refractivity contribution in [3.63, 3.8) is 0 Å². The van der Waals surface area contributed by atoms with E-state index in [4.69, 9.17) is 9.51 Å². The number of hydrogen-bond donors (Lipinski definition) is 1. The van der Waals surface area contributed by atoms with Crippen LogP contribution in [0.1, 0.15) is 50.0 Å². The zero-order valence-corrected chi connectivity index (χ0v) is 17.5. The molecule has 1 atom stereocenters. The number of fused-ring (bicyclic) bond motifs is 1. The number of carbonyl (C=O) groups is 1. The summed E-state index contributed by atoms with van der Waals surface area (Å²) in [7, 11) is -3.02. The molecule has 1 amide bonds. The Morgan fingerprint density at radius 2 is 1.97 bits per heavy atom. The van der Waals surface area contributed by atoms with Crippen LogP contribution in [0, 0.1) is 6.92 Å². The van der Waals surface area contributed by atoms with Crippen molar-refractivity contribution in [1.82, 2.24) is 20.4 Å². The third-order valence-corrected chi connectivity index (χ3v) is 7.38. The van der Waals surface area contributed by atoms with Crippen molar-refractivity contribution in [2.45, 2.75) is 57.9 Å². The summed E-state index contributed by atoms with van der Waals surface area (Å²) in [6, 6.07) is -0.291. The van der Waals surface area contributed by atoms with Crippen molar-refractivity contribution in [1.29, 1.82) is 0 Å². The van der Waals surface area contributed by atoms with Crippen LogP contribution in [-0.2, 0) is 21.1 Å². The summed E-state index contributed by atoms with van der Waals surface area (Å²) in [5.74, 6) is 1.37. The Hall–Kier alpha value is -2.23. The van der Waals surface area contributed by atoms with Gasteiger partial charge in [0.05, 0.1) is 17.2 Å². The van der Waals surface area contributed by atoms with Crippen LogP contribution in [0.3, 0.4) is 0 Å². The lowest BCUT2D eigenvalue weighted by atomic mass is 10.2. The van der Waals surface area contributed by atoms with Crippen molar-refractivity contribution in [2.24, 2.45) is 0 Å². The molecule has 2 aliphatic heterocycles. The van der Waals surface area contributed by atoms with Gasteiger partial charge in [0.1, 0.15) is 17.0 Å². The average Bonchev–Trinajstić information content (AvgIpc) is 3.09. The molecule has 0 saturated carbocycles. The molecule has 0 aromatic carbocycles. The van der Waals surface area contributed by atoms with Crippen molar-refractivity contribution in [3.8, 4) is 0 Å². The van der Waals surface area contributed by atoms with Crippen LogP contribution in [-0.4, -0.2) is 60.1 Å². The number of nitrogens with zero attached hydrogens (tertiary/aromatic N) is 4. The van der Waals surface area contributed by atoms with Gasteiger partial charge < -0.3 is 14.7 Å². The molecular formula is C19H27N5O4S. The normalized spacial score (nSPS) is 22.0. The van der Waals surface area contributed by atoms with Gasteiger partial charge in [-0.2, -0.15) is 4.98 Å². The van der Waals surface area contributed by atoms with Crippen LogP contribution in [0.5, 0.6) is 0 Å². The molecule has 2 aromatic rings. The highest BCUT2D eigenvalue weighted by Crippen LogP contribution is 2.29. The standard InChI is InChI=1S/C19H27N5O4S/c1-13-17-18(24-9-4-2-3-5-10-24)21-15(22-19(17)28-23-13)6-7-16(25)20-14-8-11-29(26,27)12-14/h14H,2-12H2,1H3,(H,20,25)/t14-/m1/s1. The highest BCUT2D eigenvalue weighted by atomic mass is 32.2. The van der Waals surface area contributed by atoms with E-state index in [2.05, 4.69) is 20.4 Å². The Morgan fingerprint density at radius 1 is 1.21 bits per heavy atom. The minimum absolute atomic E-state index is 0.0254. The number of amides is 1. The number of carbonyl (C=O) groups excluding carboxylic acids is 1. The van der Waals surface area contributed by atoms with Gasteiger partial charge in [0.25, 0.3) is 5.71 Å². The molecule has 4 rings (SSSR count). The molecule has 158 valence electrons. The van der Waals surface area contributed by atoms with Crippen LogP contribution in [0.15, 0.2) is 4.52 Å². The number of hydrogen-bond acceptors (Lipinski definition) is 8. The van der Waals surface area contributed by atoms with E-state index >= 15 is 0 Å². The number of rotatable bonds is 5. The third kappa shape index (κ3) is 4.68. The Bertz CT molecular complexity index is 995. The molecule has 0 bridgehead atoms. The first kappa shape index (κ1) is 20.1. The molecule has 2 aromatic heterocycles. The van der Waals surface area contributed by atoms with E-state index < -0.39 is 9.84 Å². The van der Waals surface area contributed by atoms with Crippen molar-refractivity contribution in [2.75, 3.05) is 29.5 Å². The second-order valence-corrected chi connectivity index (χ2v) is 10.2. The Morgan fingerprint density at radius 3 is 2.66 bits per heavy atom. The molecule has 0 aliphatic carbocycles. The zero-order chi connectivity index (χ0) is 20.4. The summed E-state index contributed by atoms with van der Waals surface area (Å²) in [5, 5.41) is 7.71. The number of nitrogens with one attached hydrogen (secondary N) is 1. The Labute approximate surface area is 170 Å². The summed E-state index contributed by atoms with van der Waals surface area (Å²) in [5.41, 5.74) is 1.22. The lowest BCUT2D eigenvalue weighted by Crippen LogP contribution is -2.35. The van der Waals surface area contributed by atoms with E-state index in [1.54, 1.807) is 0 Å². The number of anilines is 1. The highest BCUT2D eigenvalue weighted by molar-refractivity contribution is 7.91. The molecule has 29 heavy (non-hydrogen) atoms. The molecule has 2 fully saturated rings. The average molecular weight is 422 g/mol. The molecule has 0 radical (unpaired) electrons. The van der Waals surface area contributed by atoms with E-state index in [1.807, 2.05) is 6.92 Å². The smallest absolute Gasteiger partial charge is 0.263 e. The molecule has 4 heterocycles. The maximum absolute atomic E-state index is 12.3. The maximum atomic E-state index is 12.3. The van der Waals surface area contributed by atoms with E-state index in [0.717, 1.165) is 42.8 Å². The fourth-order valence-electron chi connectivity index (χ4n) is 4.07. The van der Waals surface area contributed by atoms with Gasteiger partial charge in [-0.05, 0) is 26.2 Å². The number of aryl methyl sites for hydroxylation is 2. The van der Waals surface area contributed by atoms with Crippen LogP contribution in [0.2, 0.25) is 0 Å². The van der Waals surface area contributed by atoms with Crippen LogP contribution in [0.25, 0.3) is 11.1 Å². The monoisotopic (exact) mass is 421 g/mol. The first-order valence-corrected chi connectivity index (χ1v) is 12.1. The van der Waals surface area contributed by atoms with E-state index in [-0.39, 0.29) is 29.9 Å². The quantitative estimate of drug-likeness (QED) is 0.772. The SMILES string of the molecule is Cc1noc2nc(CCC(=O)N[C@@H]3CCS(=O)(=O)C3)nc(N3CCCCCC3)c12. The third-order valence-electron chi connectivity index (χ3n) is 5.61. The Kier molecular flexibility index (Phi) is 5.71. The second kappa shape index (κ2) is 8.25. The van der Waals surface area contributed by atoms with Crippen LogP contribution < -0.4 is 10.2 Å². The van der Waals surface area contributed by atoms with Gasteiger partial charge in [0.2, 0.25) is 5.91 Å². The number of sulfone groups is 1. The van der Waals surface area contributed by atoms with Crippen molar-refractivity contribution >= 4 is 32.7 Å². The summed E-state index contributed by atoms with van der Waals surface area (Å²) < 4.78 is 28.5. The van der Waals surface area contributed by atoms with E-state index in [0.29, 0.717) is 24.4 Å². The summed E-state index contributed by atoms with van der Waals surface area (Å²) in [6.07, 6.45) is 5.73. The fourth-order valence-corrected chi connectivity index (χ4v) is 5.74. The molecular weight excluding hydrogens is 394 g/mol. The van der Waals surface area contributed by atoms with Crippen LogP contribution >= 0.6 is 0 Å². The summed E-state index contributed by atoms with van der Waals surface area (Å²) >= 11 is 0. The predicted molar refractivity (Wildman–Crippen MR) is 109 cm³/mol. The molecule has 2 saturated heterocycles. The van der Waals surface area contributed by atoms with Crippen molar-refractivity contribution < 1.29 is 17.7 Å². The minimum atomic E-state index is -3.02. The molecule has 0 spiro atoms. The van der Waals surface area contributed by atoms with Gasteiger partial charge >= 0.3 is 0 Å². The molecule has 10 heteroatoms. The molecule has 9 nitrogen and oxygen atoms in total. The lowest BCUT2D eigenvalue weighted by Gasteiger charge is -2.22. The van der Waals surface area contributed by atoms with Gasteiger partial charge in [0.15, 0.2) is 9.84 Å². The minimum Gasteiger partial charge on any atom is -0.356 e. The highest BCUT2D eigenvalue weighted by Gasteiger charge is 2.29. The van der Waals surface area contributed by atoms with Gasteiger partial charge in [-0.15, -0.1) is 0 Å². The van der Waals surface area contributed by atoms with E-state index in [9.17, 15) is 13.2 Å². The maximum Gasteiger partial charge on any atom is 0.263 e. The van der Waals surface area contributed by atoms with Gasteiger partial charge in [-0.1, -0.05) is 18.0 Å². The second-order valence-electron chi connectivity index (χ2n) is 7.98. The fraction of sp³-hybridized carbons (Fsp3) is 0.684. The predicted octanol–water partition coefficient (Wildman–Crippen LogP) is 1.54. The van der Waals surface area contributed by atoms with Crippen LogP contribution in [0.4, 0.5) is 5.82 Å². The summed E-state index contributed by atoms with van der Waals surface area (Å²) in [6.45, 7) is 3.76. The van der Waals surface area contributed by atoms with Gasteiger partial charge in [-0.25, -0.2) is 13.4 Å². The van der Waals surface area contributed by atoms with Crippen molar-refractivity contribution in [3.05, 3.63) is 11.5 Å².